The highest BCUT2D eigenvalue weighted by atomic mass is 32.2. The number of hydrogen-bond acceptors (Lipinski definition) is 4. The van der Waals surface area contributed by atoms with Gasteiger partial charge in [-0.05, 0) is 94.4 Å². The number of carbonyl (C=O) groups is 2. The fourth-order valence-corrected chi connectivity index (χ4v) is 7.00. The summed E-state index contributed by atoms with van der Waals surface area (Å²) < 4.78 is 0.823. The molecule has 0 bridgehead atoms. The van der Waals surface area contributed by atoms with Crippen LogP contribution in [0.25, 0.3) is 0 Å². The van der Waals surface area contributed by atoms with Crippen LogP contribution in [-0.4, -0.2) is 72.8 Å². The van der Waals surface area contributed by atoms with Gasteiger partial charge < -0.3 is 9.38 Å². The van der Waals surface area contributed by atoms with Crippen LogP contribution >= 0.6 is 11.8 Å². The van der Waals surface area contributed by atoms with Crippen molar-refractivity contribution in [3.8, 4) is 0 Å². The lowest BCUT2D eigenvalue weighted by molar-refractivity contribution is -0.919. The van der Waals surface area contributed by atoms with Gasteiger partial charge in [-0.15, -0.1) is 0 Å². The van der Waals surface area contributed by atoms with Crippen molar-refractivity contribution in [1.82, 2.24) is 4.90 Å². The minimum atomic E-state index is 0.191. The number of carbonyl (C=O) groups excluding carboxylic acids is 2. The van der Waals surface area contributed by atoms with E-state index < -0.39 is 0 Å². The number of aryl methyl sites for hydroxylation is 4. The predicted molar refractivity (Wildman–Crippen MR) is 182 cm³/mol. The van der Waals surface area contributed by atoms with Gasteiger partial charge in [0.25, 0.3) is 0 Å². The van der Waals surface area contributed by atoms with Gasteiger partial charge >= 0.3 is 0 Å². The number of quaternary nitrogens is 1. The van der Waals surface area contributed by atoms with Crippen LogP contribution in [0.5, 0.6) is 0 Å². The lowest BCUT2D eigenvalue weighted by atomic mass is 10.1. The largest absolute Gasteiger partial charge is 0.317 e. The first-order valence-corrected chi connectivity index (χ1v) is 17.1. The quantitative estimate of drug-likeness (QED) is 0.121. The highest BCUT2D eigenvalue weighted by molar-refractivity contribution is 8.13. The summed E-state index contributed by atoms with van der Waals surface area (Å²) in [6, 6.07) is 12.5. The molecule has 0 saturated heterocycles. The number of hydrogen-bond donors (Lipinski definition) is 0. The Hall–Kier alpha value is -2.15. The average Bonchev–Trinajstić information content (AvgIpc) is 2.95. The van der Waals surface area contributed by atoms with Crippen LogP contribution in [0, 0.1) is 27.7 Å². The second-order valence-corrected chi connectivity index (χ2v) is 13.1. The summed E-state index contributed by atoms with van der Waals surface area (Å²) in [5.74, 6) is 0.191. The Balaban J connectivity index is 2.14. The van der Waals surface area contributed by atoms with Crippen LogP contribution in [0.1, 0.15) is 88.5 Å². The highest BCUT2D eigenvalue weighted by Gasteiger charge is 2.29. The molecule has 0 aliphatic heterocycles. The maximum Gasteiger partial charge on any atom is 0.247 e. The van der Waals surface area contributed by atoms with Gasteiger partial charge in [-0.2, -0.15) is 0 Å². The Labute approximate surface area is 261 Å². The molecule has 2 rings (SSSR count). The van der Waals surface area contributed by atoms with Crippen molar-refractivity contribution in [3.63, 3.8) is 0 Å². The molecule has 0 spiro atoms. The van der Waals surface area contributed by atoms with Gasteiger partial charge in [0, 0.05) is 30.1 Å². The molecule has 2 aromatic carbocycles. The number of benzene rings is 2. The molecule has 1 amide bonds. The number of thioether (sulfide) groups is 1. The van der Waals surface area contributed by atoms with Crippen molar-refractivity contribution < 1.29 is 14.1 Å². The lowest BCUT2D eigenvalue weighted by Gasteiger charge is -2.38. The number of nitrogens with zero attached hydrogens (tertiary/aromatic N) is 3. The van der Waals surface area contributed by atoms with Gasteiger partial charge in [-0.3, -0.25) is 14.5 Å². The molecule has 5 nitrogen and oxygen atoms in total. The van der Waals surface area contributed by atoms with E-state index in [0.29, 0.717) is 13.1 Å². The number of unbranched alkanes of at least 4 members (excludes halogenated alkanes) is 2. The average molecular weight is 597 g/mol. The number of amides is 1. The molecule has 0 aliphatic carbocycles. The molecule has 234 valence electrons. The van der Waals surface area contributed by atoms with Gasteiger partial charge in [0.2, 0.25) is 11.0 Å². The predicted octanol–water partition coefficient (Wildman–Crippen LogP) is 8.11. The minimum Gasteiger partial charge on any atom is -0.317 e. The lowest BCUT2D eigenvalue weighted by Crippen LogP contribution is -2.52. The molecule has 6 heteroatoms. The molecule has 1 atom stereocenters. The van der Waals surface area contributed by atoms with E-state index in [1.165, 1.54) is 22.9 Å². The van der Waals surface area contributed by atoms with Crippen LogP contribution in [-0.2, 0) is 9.59 Å². The van der Waals surface area contributed by atoms with E-state index in [1.54, 1.807) is 0 Å². The van der Waals surface area contributed by atoms with Crippen molar-refractivity contribution in [2.45, 2.75) is 98.8 Å². The van der Waals surface area contributed by atoms with Crippen LogP contribution < -0.4 is 4.90 Å². The van der Waals surface area contributed by atoms with E-state index in [4.69, 9.17) is 0 Å². The number of para-hydroxylation sites is 1. The Morgan fingerprint density at radius 1 is 0.714 bits per heavy atom. The standard InChI is InChI=1S/C36H58N3O2S/c1-9-13-24-38(35-29(5)18-15-19-30(35)6)33(40)27-37(22-11-3)23-17-26-39(12-4,25-14-10-2)28-34(41)42-36-31(7)20-16-21-32(36)8/h15-16,18-21H,9-14,17,22-28H2,1-8H3/q+1. The van der Waals surface area contributed by atoms with Crippen LogP contribution in [0.3, 0.4) is 0 Å². The molecule has 0 radical (unpaired) electrons. The molecule has 42 heavy (non-hydrogen) atoms. The fraction of sp³-hybridized carbons (Fsp3) is 0.611. The zero-order valence-electron chi connectivity index (χ0n) is 27.9. The number of likely N-dealkylation sites (N-methyl/N-ethyl adjacent to an activating group) is 1. The molecule has 2 aromatic rings. The third-order valence-corrected chi connectivity index (χ3v) is 9.70. The first kappa shape index (κ1) is 36.0. The summed E-state index contributed by atoms with van der Waals surface area (Å²) >= 11 is 1.42. The second kappa shape index (κ2) is 18.5. The van der Waals surface area contributed by atoms with Crippen molar-refractivity contribution in [2.75, 3.05) is 57.3 Å². The third-order valence-electron chi connectivity index (χ3n) is 8.50. The molecule has 0 saturated carbocycles. The molecule has 0 aromatic heterocycles. The van der Waals surface area contributed by atoms with Gasteiger partial charge in [-0.25, -0.2) is 0 Å². The SMILES string of the molecule is CCCCN(C(=O)CN(CCC)CCC[N+](CC)(CCCC)CC(=O)Sc1c(C)cccc1C)c1c(C)cccc1C. The van der Waals surface area contributed by atoms with Gasteiger partial charge in [0.1, 0.15) is 6.54 Å². The number of anilines is 1. The zero-order valence-corrected chi connectivity index (χ0v) is 28.7. The van der Waals surface area contributed by atoms with Gasteiger partial charge in [0.05, 0.1) is 26.2 Å². The van der Waals surface area contributed by atoms with Crippen molar-refractivity contribution in [3.05, 3.63) is 58.7 Å². The van der Waals surface area contributed by atoms with E-state index in [2.05, 4.69) is 96.7 Å². The third kappa shape index (κ3) is 10.8. The summed E-state index contributed by atoms with van der Waals surface area (Å²) in [5.41, 5.74) is 5.74. The summed E-state index contributed by atoms with van der Waals surface area (Å²) in [6.07, 6.45) is 6.29. The Kier molecular flexibility index (Phi) is 15.9. The fourth-order valence-electron chi connectivity index (χ4n) is 5.97. The van der Waals surface area contributed by atoms with Gasteiger partial charge in [0.15, 0.2) is 0 Å². The summed E-state index contributed by atoms with van der Waals surface area (Å²) in [4.78, 5) is 32.7. The van der Waals surface area contributed by atoms with Crippen LogP contribution in [0.2, 0.25) is 0 Å². The Bertz CT molecular complexity index is 1090. The van der Waals surface area contributed by atoms with E-state index in [9.17, 15) is 9.59 Å². The summed E-state index contributed by atoms with van der Waals surface area (Å²) in [6.45, 7) is 23.7. The maximum atomic E-state index is 13.8. The highest BCUT2D eigenvalue weighted by Crippen LogP contribution is 2.29. The molecule has 1 unspecified atom stereocenters. The van der Waals surface area contributed by atoms with E-state index in [0.717, 1.165) is 104 Å². The molecule has 0 N–H and O–H groups in total. The Morgan fingerprint density at radius 2 is 1.29 bits per heavy atom. The smallest absolute Gasteiger partial charge is 0.247 e. The van der Waals surface area contributed by atoms with Gasteiger partial charge in [-0.1, -0.05) is 70.0 Å². The molecular weight excluding hydrogens is 538 g/mol. The zero-order chi connectivity index (χ0) is 31.1. The molecule has 0 fully saturated rings. The van der Waals surface area contributed by atoms with E-state index in [-0.39, 0.29) is 11.0 Å². The Morgan fingerprint density at radius 3 is 1.83 bits per heavy atom. The molecular formula is C36H58N3O2S+. The normalized spacial score (nSPS) is 12.9. The van der Waals surface area contributed by atoms with Crippen molar-refractivity contribution in [2.24, 2.45) is 0 Å². The summed E-state index contributed by atoms with van der Waals surface area (Å²) in [7, 11) is 0. The summed E-state index contributed by atoms with van der Waals surface area (Å²) in [5, 5.41) is 0.256. The molecule has 0 aliphatic rings. The first-order valence-electron chi connectivity index (χ1n) is 16.3. The minimum absolute atomic E-state index is 0.191. The van der Waals surface area contributed by atoms with Crippen LogP contribution in [0.15, 0.2) is 41.3 Å². The second-order valence-electron chi connectivity index (χ2n) is 12.1. The van der Waals surface area contributed by atoms with Crippen molar-refractivity contribution >= 4 is 28.5 Å². The first-order chi connectivity index (χ1) is 20.1. The maximum absolute atomic E-state index is 13.8. The topological polar surface area (TPSA) is 40.6 Å². The molecule has 0 heterocycles. The van der Waals surface area contributed by atoms with E-state index >= 15 is 0 Å². The van der Waals surface area contributed by atoms with Crippen molar-refractivity contribution in [1.29, 1.82) is 0 Å². The van der Waals surface area contributed by atoms with Crippen LogP contribution in [0.4, 0.5) is 5.69 Å². The van der Waals surface area contributed by atoms with E-state index in [1.807, 2.05) is 4.90 Å². The monoisotopic (exact) mass is 596 g/mol. The number of rotatable bonds is 19.